The molecule has 2 aromatic rings. The predicted octanol–water partition coefficient (Wildman–Crippen LogP) is 4.26. The van der Waals surface area contributed by atoms with E-state index in [0.29, 0.717) is 30.1 Å². The Morgan fingerprint density at radius 2 is 1.64 bits per heavy atom. The summed E-state index contributed by atoms with van der Waals surface area (Å²) in [6.07, 6.45) is 1.58. The normalized spacial score (nSPS) is 10.2. The molecular weight excluding hydrogens is 320 g/mol. The van der Waals surface area contributed by atoms with Gasteiger partial charge in [0.25, 0.3) is 0 Å². The van der Waals surface area contributed by atoms with Gasteiger partial charge in [-0.3, -0.25) is 0 Å². The van der Waals surface area contributed by atoms with Crippen LogP contribution in [0.15, 0.2) is 48.5 Å². The Kier molecular flexibility index (Phi) is 7.01. The molecule has 0 atom stereocenters. The minimum atomic E-state index is -0.536. The molecule has 0 aliphatic carbocycles. The first kappa shape index (κ1) is 18.5. The smallest absolute Gasteiger partial charge is 0.347 e. The number of carbonyl (C=O) groups is 2. The van der Waals surface area contributed by atoms with Crippen molar-refractivity contribution in [1.29, 1.82) is 0 Å². The fourth-order valence-electron chi connectivity index (χ4n) is 2.10. The number of hydrogen-bond donors (Lipinski definition) is 0. The number of benzene rings is 2. The third kappa shape index (κ3) is 5.35. The highest BCUT2D eigenvalue weighted by Crippen LogP contribution is 2.22. The van der Waals surface area contributed by atoms with Crippen molar-refractivity contribution in [2.45, 2.75) is 26.7 Å². The number of rotatable bonds is 8. The molecule has 0 amide bonds. The molecule has 5 heteroatoms. The molecule has 0 saturated carbocycles. The van der Waals surface area contributed by atoms with E-state index in [1.54, 1.807) is 42.5 Å². The molecule has 0 aliphatic rings. The van der Waals surface area contributed by atoms with E-state index in [0.717, 1.165) is 12.8 Å². The van der Waals surface area contributed by atoms with Gasteiger partial charge in [-0.1, -0.05) is 32.0 Å². The molecule has 0 heterocycles. The van der Waals surface area contributed by atoms with Crippen molar-refractivity contribution < 1.29 is 23.8 Å². The molecule has 2 rings (SSSR count). The van der Waals surface area contributed by atoms with Gasteiger partial charge >= 0.3 is 11.9 Å². The van der Waals surface area contributed by atoms with E-state index in [2.05, 4.69) is 0 Å². The quantitative estimate of drug-likeness (QED) is 0.530. The van der Waals surface area contributed by atoms with Crippen molar-refractivity contribution in [3.8, 4) is 11.5 Å². The summed E-state index contributed by atoms with van der Waals surface area (Å²) in [6.45, 7) is 4.78. The molecule has 5 nitrogen and oxygen atoms in total. The summed E-state index contributed by atoms with van der Waals surface area (Å²) in [7, 11) is 0. The third-order valence-electron chi connectivity index (χ3n) is 3.29. The summed E-state index contributed by atoms with van der Waals surface area (Å²) >= 11 is 0. The van der Waals surface area contributed by atoms with Crippen LogP contribution in [0.2, 0.25) is 0 Å². The molecule has 0 N–H and O–H groups in total. The highest BCUT2D eigenvalue weighted by atomic mass is 16.5. The molecule has 0 radical (unpaired) electrons. The Morgan fingerprint density at radius 1 is 0.880 bits per heavy atom. The SMILES string of the molecule is CCCOC(=O)c1cccc(OC(=O)c2ccccc2OCCC)c1. The lowest BCUT2D eigenvalue weighted by Gasteiger charge is -2.11. The van der Waals surface area contributed by atoms with E-state index in [9.17, 15) is 9.59 Å². The lowest BCUT2D eigenvalue weighted by molar-refractivity contribution is 0.0503. The van der Waals surface area contributed by atoms with Crippen LogP contribution in [-0.2, 0) is 4.74 Å². The molecule has 2 aromatic carbocycles. The molecular formula is C20H22O5. The molecule has 0 saturated heterocycles. The van der Waals surface area contributed by atoms with E-state index in [1.807, 2.05) is 13.8 Å². The van der Waals surface area contributed by atoms with Crippen LogP contribution < -0.4 is 9.47 Å². The van der Waals surface area contributed by atoms with Crippen LogP contribution in [-0.4, -0.2) is 25.2 Å². The second-order valence-electron chi connectivity index (χ2n) is 5.40. The van der Waals surface area contributed by atoms with E-state index in [-0.39, 0.29) is 5.75 Å². The summed E-state index contributed by atoms with van der Waals surface area (Å²) in [6, 6.07) is 13.3. The minimum Gasteiger partial charge on any atom is -0.493 e. The van der Waals surface area contributed by atoms with E-state index < -0.39 is 11.9 Å². The Hall–Kier alpha value is -2.82. The van der Waals surface area contributed by atoms with Gasteiger partial charge in [-0.2, -0.15) is 0 Å². The van der Waals surface area contributed by atoms with Crippen molar-refractivity contribution >= 4 is 11.9 Å². The van der Waals surface area contributed by atoms with Gasteiger partial charge in [0.15, 0.2) is 0 Å². The van der Waals surface area contributed by atoms with Crippen LogP contribution in [0.4, 0.5) is 0 Å². The second-order valence-corrected chi connectivity index (χ2v) is 5.40. The van der Waals surface area contributed by atoms with Gasteiger partial charge in [0.05, 0.1) is 18.8 Å². The number of esters is 2. The minimum absolute atomic E-state index is 0.279. The van der Waals surface area contributed by atoms with Gasteiger partial charge in [-0.05, 0) is 43.2 Å². The summed E-state index contributed by atoms with van der Waals surface area (Å²) < 4.78 is 16.1. The highest BCUT2D eigenvalue weighted by molar-refractivity contribution is 5.94. The standard InChI is InChI=1S/C20H22O5/c1-3-12-23-18-11-6-5-10-17(18)20(22)25-16-9-7-8-15(14-16)19(21)24-13-4-2/h5-11,14H,3-4,12-13H2,1-2H3. The molecule has 0 spiro atoms. The first-order chi connectivity index (χ1) is 12.2. The zero-order valence-corrected chi connectivity index (χ0v) is 14.5. The van der Waals surface area contributed by atoms with Crippen LogP contribution in [0.3, 0.4) is 0 Å². The molecule has 0 aliphatic heterocycles. The summed E-state index contributed by atoms with van der Waals surface area (Å²) in [5.41, 5.74) is 0.684. The first-order valence-corrected chi connectivity index (χ1v) is 8.37. The van der Waals surface area contributed by atoms with Crippen molar-refractivity contribution in [2.75, 3.05) is 13.2 Å². The Bertz CT molecular complexity index is 724. The monoisotopic (exact) mass is 342 g/mol. The molecule has 0 aromatic heterocycles. The number of para-hydroxylation sites is 1. The summed E-state index contributed by atoms with van der Waals surface area (Å²) in [5.74, 6) is -0.216. The lowest BCUT2D eigenvalue weighted by Crippen LogP contribution is -2.12. The van der Waals surface area contributed by atoms with E-state index in [4.69, 9.17) is 14.2 Å². The highest BCUT2D eigenvalue weighted by Gasteiger charge is 2.15. The average molecular weight is 342 g/mol. The first-order valence-electron chi connectivity index (χ1n) is 8.37. The fourth-order valence-corrected chi connectivity index (χ4v) is 2.10. The topological polar surface area (TPSA) is 61.8 Å². The van der Waals surface area contributed by atoms with E-state index >= 15 is 0 Å². The summed E-state index contributed by atoms with van der Waals surface area (Å²) in [4.78, 5) is 24.3. The van der Waals surface area contributed by atoms with Crippen molar-refractivity contribution in [3.05, 3.63) is 59.7 Å². The Balaban J connectivity index is 2.12. The van der Waals surface area contributed by atoms with Crippen LogP contribution in [0.1, 0.15) is 47.4 Å². The molecule has 0 unspecified atom stereocenters. The Morgan fingerprint density at radius 3 is 2.40 bits per heavy atom. The predicted molar refractivity (Wildman–Crippen MR) is 94.2 cm³/mol. The maximum Gasteiger partial charge on any atom is 0.347 e. The number of carbonyl (C=O) groups excluding carboxylic acids is 2. The summed E-state index contributed by atoms with van der Waals surface area (Å²) in [5, 5.41) is 0. The maximum absolute atomic E-state index is 12.4. The van der Waals surface area contributed by atoms with Crippen molar-refractivity contribution in [3.63, 3.8) is 0 Å². The molecule has 25 heavy (non-hydrogen) atoms. The molecule has 132 valence electrons. The van der Waals surface area contributed by atoms with Crippen LogP contribution in [0.25, 0.3) is 0 Å². The van der Waals surface area contributed by atoms with Crippen molar-refractivity contribution in [2.24, 2.45) is 0 Å². The van der Waals surface area contributed by atoms with Gasteiger partial charge in [-0.25, -0.2) is 9.59 Å². The van der Waals surface area contributed by atoms with Crippen LogP contribution >= 0.6 is 0 Å². The number of hydrogen-bond acceptors (Lipinski definition) is 5. The zero-order chi connectivity index (χ0) is 18.1. The molecule has 0 bridgehead atoms. The maximum atomic E-state index is 12.4. The third-order valence-corrected chi connectivity index (χ3v) is 3.29. The fraction of sp³-hybridized carbons (Fsp3) is 0.300. The van der Waals surface area contributed by atoms with E-state index in [1.165, 1.54) is 6.07 Å². The Labute approximate surface area is 147 Å². The second kappa shape index (κ2) is 9.47. The van der Waals surface area contributed by atoms with Crippen LogP contribution in [0.5, 0.6) is 11.5 Å². The average Bonchev–Trinajstić information content (AvgIpc) is 2.64. The largest absolute Gasteiger partial charge is 0.493 e. The zero-order valence-electron chi connectivity index (χ0n) is 14.5. The van der Waals surface area contributed by atoms with Gasteiger partial charge < -0.3 is 14.2 Å². The van der Waals surface area contributed by atoms with Gasteiger partial charge in [0.2, 0.25) is 0 Å². The van der Waals surface area contributed by atoms with Gasteiger partial charge in [-0.15, -0.1) is 0 Å². The lowest BCUT2D eigenvalue weighted by atomic mass is 10.2. The number of ether oxygens (including phenoxy) is 3. The van der Waals surface area contributed by atoms with Gasteiger partial charge in [0.1, 0.15) is 17.1 Å². The molecule has 0 fully saturated rings. The van der Waals surface area contributed by atoms with Crippen molar-refractivity contribution in [1.82, 2.24) is 0 Å². The van der Waals surface area contributed by atoms with Gasteiger partial charge in [0, 0.05) is 0 Å². The van der Waals surface area contributed by atoms with Crippen LogP contribution in [0, 0.1) is 0 Å².